The molecule has 0 unspecified atom stereocenters. The lowest BCUT2D eigenvalue weighted by Gasteiger charge is -2.00. The number of ether oxygens (including phenoxy) is 1. The second-order valence-electron chi connectivity index (χ2n) is 3.28. The van der Waals surface area contributed by atoms with Crippen molar-refractivity contribution in [1.29, 1.82) is 0 Å². The first-order valence-corrected chi connectivity index (χ1v) is 6.16. The number of halogens is 1. The molecule has 6 nitrogen and oxygen atoms in total. The summed E-state index contributed by atoms with van der Waals surface area (Å²) in [5.41, 5.74) is 11.2. The summed E-state index contributed by atoms with van der Waals surface area (Å²) in [4.78, 5) is 20.2. The van der Waals surface area contributed by atoms with Gasteiger partial charge in [0.2, 0.25) is 5.13 Å². The predicted octanol–water partition coefficient (Wildman–Crippen LogP) is 1.76. The molecule has 1 aromatic heterocycles. The molecular formula is C10H17BrN4O2S. The number of nitrogens with zero attached hydrogens (tertiary/aromatic N) is 2. The lowest BCUT2D eigenvalue weighted by molar-refractivity contribution is 0.0530. The summed E-state index contributed by atoms with van der Waals surface area (Å²) < 4.78 is 4.95. The zero-order valence-electron chi connectivity index (χ0n) is 10.3. The number of esters is 1. The van der Waals surface area contributed by atoms with E-state index in [1.54, 1.807) is 6.92 Å². The number of aromatic nitrogens is 1. The molecule has 0 bridgehead atoms. The molecule has 0 aliphatic carbocycles. The maximum absolute atomic E-state index is 11.7. The van der Waals surface area contributed by atoms with Gasteiger partial charge in [-0.15, -0.1) is 17.0 Å². The van der Waals surface area contributed by atoms with E-state index >= 15 is 0 Å². The van der Waals surface area contributed by atoms with E-state index in [4.69, 9.17) is 16.2 Å². The maximum atomic E-state index is 11.7. The van der Waals surface area contributed by atoms with E-state index in [2.05, 4.69) is 9.98 Å². The minimum Gasteiger partial charge on any atom is -0.462 e. The Balaban J connectivity index is 0.00000289. The zero-order chi connectivity index (χ0) is 12.8. The Hall–Kier alpha value is -1.15. The summed E-state index contributed by atoms with van der Waals surface area (Å²) >= 11 is 1.14. The Morgan fingerprint density at radius 2 is 2.11 bits per heavy atom. The topological polar surface area (TPSA) is 104 Å². The Bertz CT molecular complexity index is 430. The second kappa shape index (κ2) is 8.04. The summed E-state index contributed by atoms with van der Waals surface area (Å²) in [5, 5.41) is 0.386. The van der Waals surface area contributed by atoms with Gasteiger partial charge in [-0.05, 0) is 13.3 Å². The van der Waals surface area contributed by atoms with Gasteiger partial charge < -0.3 is 16.2 Å². The first-order valence-electron chi connectivity index (χ1n) is 5.34. The van der Waals surface area contributed by atoms with Gasteiger partial charge in [-0.2, -0.15) is 4.99 Å². The summed E-state index contributed by atoms with van der Waals surface area (Å²) in [5.74, 6) is -0.442. The standard InChI is InChI=1S/C10H16N4O2S.BrH/c1-3-5-6-7(8(15)16-4-2)17-10(13-6)14-9(11)12;/h3-5H2,1-2H3,(H4,11,12,13,14);1H. The van der Waals surface area contributed by atoms with E-state index in [1.807, 2.05) is 6.92 Å². The number of aryl methyl sites for hydroxylation is 1. The largest absolute Gasteiger partial charge is 0.462 e. The Labute approximate surface area is 120 Å². The molecule has 0 radical (unpaired) electrons. The number of aliphatic imine (C=N–C) groups is 1. The highest BCUT2D eigenvalue weighted by atomic mass is 79.9. The fourth-order valence-corrected chi connectivity index (χ4v) is 2.16. The van der Waals surface area contributed by atoms with Crippen LogP contribution in [0, 0.1) is 0 Å². The maximum Gasteiger partial charge on any atom is 0.350 e. The molecule has 0 fully saturated rings. The fraction of sp³-hybridized carbons (Fsp3) is 0.500. The monoisotopic (exact) mass is 336 g/mol. The molecule has 0 spiro atoms. The Morgan fingerprint density at radius 1 is 1.44 bits per heavy atom. The van der Waals surface area contributed by atoms with Gasteiger partial charge >= 0.3 is 5.97 Å². The third-order valence-electron chi connectivity index (χ3n) is 1.86. The smallest absolute Gasteiger partial charge is 0.350 e. The van der Waals surface area contributed by atoms with E-state index in [1.165, 1.54) is 0 Å². The third-order valence-corrected chi connectivity index (χ3v) is 2.83. The van der Waals surface area contributed by atoms with Crippen molar-refractivity contribution >= 4 is 45.4 Å². The van der Waals surface area contributed by atoms with Crippen LogP contribution in [0.15, 0.2) is 4.99 Å². The Morgan fingerprint density at radius 3 is 2.61 bits per heavy atom. The number of guanidine groups is 1. The average Bonchev–Trinajstić information content (AvgIpc) is 2.61. The van der Waals surface area contributed by atoms with Crippen molar-refractivity contribution in [3.05, 3.63) is 10.6 Å². The molecular weight excluding hydrogens is 320 g/mol. The van der Waals surface area contributed by atoms with Gasteiger partial charge in [0.05, 0.1) is 12.3 Å². The van der Waals surface area contributed by atoms with Gasteiger partial charge in [0.1, 0.15) is 4.88 Å². The number of carbonyl (C=O) groups is 1. The number of carbonyl (C=O) groups excluding carboxylic acids is 1. The molecule has 0 amide bonds. The molecule has 0 aromatic carbocycles. The lowest BCUT2D eigenvalue weighted by Crippen LogP contribution is -2.21. The van der Waals surface area contributed by atoms with Crippen molar-refractivity contribution in [2.24, 2.45) is 16.5 Å². The van der Waals surface area contributed by atoms with Crippen molar-refractivity contribution < 1.29 is 9.53 Å². The zero-order valence-corrected chi connectivity index (χ0v) is 12.8. The SMILES string of the molecule is Br.CCCc1nc(N=C(N)N)sc1C(=O)OCC. The van der Waals surface area contributed by atoms with Crippen LogP contribution in [0.25, 0.3) is 0 Å². The van der Waals surface area contributed by atoms with Crippen LogP contribution in [-0.4, -0.2) is 23.5 Å². The summed E-state index contributed by atoms with van der Waals surface area (Å²) in [6, 6.07) is 0. The molecule has 102 valence electrons. The van der Waals surface area contributed by atoms with Gasteiger partial charge in [0.25, 0.3) is 0 Å². The number of rotatable bonds is 5. The van der Waals surface area contributed by atoms with E-state index < -0.39 is 0 Å². The highest BCUT2D eigenvalue weighted by Gasteiger charge is 2.18. The molecule has 1 rings (SSSR count). The van der Waals surface area contributed by atoms with Gasteiger partial charge in [0.15, 0.2) is 5.96 Å². The van der Waals surface area contributed by atoms with Gasteiger partial charge in [-0.25, -0.2) is 9.78 Å². The number of hydrogen-bond donors (Lipinski definition) is 2. The van der Waals surface area contributed by atoms with Gasteiger partial charge in [0, 0.05) is 0 Å². The summed E-state index contributed by atoms with van der Waals surface area (Å²) in [7, 11) is 0. The molecule has 1 aromatic rings. The van der Waals surface area contributed by atoms with Crippen molar-refractivity contribution in [3.63, 3.8) is 0 Å². The van der Waals surface area contributed by atoms with Crippen LogP contribution in [-0.2, 0) is 11.2 Å². The molecule has 8 heteroatoms. The normalized spacial score (nSPS) is 9.44. The average molecular weight is 337 g/mol. The quantitative estimate of drug-likeness (QED) is 0.484. The first-order chi connectivity index (χ1) is 8.08. The molecule has 1 heterocycles. The van der Waals surface area contributed by atoms with Crippen molar-refractivity contribution in [2.75, 3.05) is 6.61 Å². The van der Waals surface area contributed by atoms with Crippen molar-refractivity contribution in [2.45, 2.75) is 26.7 Å². The van der Waals surface area contributed by atoms with Gasteiger partial charge in [-0.3, -0.25) is 0 Å². The lowest BCUT2D eigenvalue weighted by atomic mass is 10.2. The molecule has 0 atom stereocenters. The van der Waals surface area contributed by atoms with Crippen LogP contribution in [0.2, 0.25) is 0 Å². The molecule has 0 aliphatic rings. The van der Waals surface area contributed by atoms with E-state index in [-0.39, 0.29) is 28.9 Å². The molecule has 0 saturated heterocycles. The summed E-state index contributed by atoms with van der Waals surface area (Å²) in [6.45, 7) is 4.10. The van der Waals surface area contributed by atoms with E-state index in [0.29, 0.717) is 28.7 Å². The van der Waals surface area contributed by atoms with E-state index in [0.717, 1.165) is 17.8 Å². The minimum absolute atomic E-state index is 0. The second-order valence-corrected chi connectivity index (χ2v) is 4.26. The van der Waals surface area contributed by atoms with Gasteiger partial charge in [-0.1, -0.05) is 24.7 Å². The highest BCUT2D eigenvalue weighted by Crippen LogP contribution is 2.27. The molecule has 4 N–H and O–H groups in total. The van der Waals surface area contributed by atoms with Crippen LogP contribution >= 0.6 is 28.3 Å². The Kier molecular flexibility index (Phi) is 7.53. The van der Waals surface area contributed by atoms with Crippen LogP contribution in [0.3, 0.4) is 0 Å². The van der Waals surface area contributed by atoms with E-state index in [9.17, 15) is 4.79 Å². The highest BCUT2D eigenvalue weighted by molar-refractivity contribution is 8.93. The minimum atomic E-state index is -0.370. The molecule has 0 aliphatic heterocycles. The summed E-state index contributed by atoms with van der Waals surface area (Å²) in [6.07, 6.45) is 1.59. The number of hydrogen-bond acceptors (Lipinski definition) is 5. The fourth-order valence-electron chi connectivity index (χ4n) is 1.26. The first kappa shape index (κ1) is 16.9. The van der Waals surface area contributed by atoms with Crippen LogP contribution in [0.5, 0.6) is 0 Å². The van der Waals surface area contributed by atoms with Crippen LogP contribution < -0.4 is 11.5 Å². The predicted molar refractivity (Wildman–Crippen MR) is 77.9 cm³/mol. The molecule has 18 heavy (non-hydrogen) atoms. The number of nitrogens with two attached hydrogens (primary N) is 2. The van der Waals surface area contributed by atoms with Crippen LogP contribution in [0.1, 0.15) is 35.6 Å². The van der Waals surface area contributed by atoms with Crippen molar-refractivity contribution in [1.82, 2.24) is 4.98 Å². The van der Waals surface area contributed by atoms with Crippen molar-refractivity contribution in [3.8, 4) is 0 Å². The van der Waals surface area contributed by atoms with Crippen LogP contribution in [0.4, 0.5) is 5.13 Å². The third kappa shape index (κ3) is 4.61. The molecule has 0 saturated carbocycles. The number of thiazole rings is 1.